The normalized spacial score (nSPS) is 22.3. The maximum absolute atomic E-state index is 12.0. The monoisotopic (exact) mass is 373 g/mol. The zero-order valence-corrected chi connectivity index (χ0v) is 15.6. The fraction of sp³-hybridized carbons (Fsp3) is 0.526. The van der Waals surface area contributed by atoms with E-state index in [-0.39, 0.29) is 24.4 Å². The predicted molar refractivity (Wildman–Crippen MR) is 102 cm³/mol. The van der Waals surface area contributed by atoms with Crippen LogP contribution in [0.2, 0.25) is 0 Å². The van der Waals surface area contributed by atoms with Gasteiger partial charge in [0.05, 0.1) is 6.54 Å². The molecule has 0 spiro atoms. The van der Waals surface area contributed by atoms with E-state index in [0.29, 0.717) is 37.0 Å². The lowest BCUT2D eigenvalue weighted by Crippen LogP contribution is -2.31. The van der Waals surface area contributed by atoms with Crippen LogP contribution in [0.3, 0.4) is 0 Å². The summed E-state index contributed by atoms with van der Waals surface area (Å²) in [7, 11) is 0. The van der Waals surface area contributed by atoms with Crippen molar-refractivity contribution in [2.24, 2.45) is 5.92 Å². The highest BCUT2D eigenvalue weighted by Crippen LogP contribution is 2.17. The smallest absolute Gasteiger partial charge is 0.319 e. The van der Waals surface area contributed by atoms with E-state index in [4.69, 9.17) is 0 Å². The van der Waals surface area contributed by atoms with E-state index in [1.165, 1.54) is 4.90 Å². The topological polar surface area (TPSA) is 103 Å². The Morgan fingerprint density at radius 3 is 2.52 bits per heavy atom. The number of hydrogen-bond acceptors (Lipinski definition) is 5. The molecular weight excluding hydrogens is 346 g/mol. The molecule has 146 valence electrons. The fourth-order valence-corrected chi connectivity index (χ4v) is 3.41. The van der Waals surface area contributed by atoms with E-state index in [1.54, 1.807) is 12.1 Å². The molecule has 0 bridgehead atoms. The zero-order chi connectivity index (χ0) is 19.2. The highest BCUT2D eigenvalue weighted by atomic mass is 16.2. The minimum atomic E-state index is -0.233. The molecule has 2 saturated heterocycles. The van der Waals surface area contributed by atoms with Gasteiger partial charge in [-0.05, 0) is 43.4 Å². The predicted octanol–water partition coefficient (Wildman–Crippen LogP) is 1.35. The number of hydrazine groups is 1. The summed E-state index contributed by atoms with van der Waals surface area (Å²) in [5.74, 6) is 0.344. The number of hydrogen-bond donors (Lipinski definition) is 4. The lowest BCUT2D eigenvalue weighted by atomic mass is 9.98. The van der Waals surface area contributed by atoms with Crippen molar-refractivity contribution in [1.29, 1.82) is 0 Å². The van der Waals surface area contributed by atoms with Crippen LogP contribution < -0.4 is 21.5 Å². The summed E-state index contributed by atoms with van der Waals surface area (Å²) in [5, 5.41) is 5.66. The Balaban J connectivity index is 1.38. The van der Waals surface area contributed by atoms with E-state index < -0.39 is 0 Å². The van der Waals surface area contributed by atoms with Crippen molar-refractivity contribution >= 4 is 23.5 Å². The molecule has 2 unspecified atom stereocenters. The number of carbonyl (C=O) groups is 3. The third-order valence-corrected chi connectivity index (χ3v) is 5.15. The Labute approximate surface area is 159 Å². The molecule has 4 N–H and O–H groups in total. The Hall–Kier alpha value is -2.45. The number of nitrogens with one attached hydrogen (secondary N) is 4. The van der Waals surface area contributed by atoms with Gasteiger partial charge in [-0.2, -0.15) is 0 Å². The van der Waals surface area contributed by atoms with Crippen LogP contribution in [-0.2, 0) is 16.1 Å². The fourth-order valence-electron chi connectivity index (χ4n) is 3.41. The molecule has 2 fully saturated rings. The summed E-state index contributed by atoms with van der Waals surface area (Å²) in [6.45, 7) is 4.04. The van der Waals surface area contributed by atoms with Crippen LogP contribution in [0.4, 0.5) is 10.5 Å². The molecule has 0 aliphatic carbocycles. The second-order valence-electron chi connectivity index (χ2n) is 7.17. The summed E-state index contributed by atoms with van der Waals surface area (Å²) in [5.41, 5.74) is 7.87. The quantitative estimate of drug-likeness (QED) is 0.427. The first-order chi connectivity index (χ1) is 13.0. The molecule has 1 aromatic rings. The summed E-state index contributed by atoms with van der Waals surface area (Å²) < 4.78 is 0. The van der Waals surface area contributed by atoms with Crippen LogP contribution in [-0.4, -0.2) is 41.9 Å². The van der Waals surface area contributed by atoms with Crippen molar-refractivity contribution in [2.75, 3.05) is 18.4 Å². The first-order valence-electron chi connectivity index (χ1n) is 9.48. The van der Waals surface area contributed by atoms with Crippen molar-refractivity contribution in [2.45, 2.75) is 45.2 Å². The molecule has 27 heavy (non-hydrogen) atoms. The molecule has 0 radical (unpaired) electrons. The minimum Gasteiger partial charge on any atom is -0.338 e. The maximum atomic E-state index is 12.0. The molecule has 2 aliphatic rings. The molecule has 2 atom stereocenters. The molecule has 3 rings (SSSR count). The Morgan fingerprint density at radius 2 is 1.89 bits per heavy atom. The molecule has 8 nitrogen and oxygen atoms in total. The van der Waals surface area contributed by atoms with Gasteiger partial charge in [0.2, 0.25) is 11.8 Å². The molecule has 8 heteroatoms. The van der Waals surface area contributed by atoms with Crippen molar-refractivity contribution < 1.29 is 14.4 Å². The van der Waals surface area contributed by atoms with Crippen LogP contribution >= 0.6 is 0 Å². The van der Waals surface area contributed by atoms with E-state index in [0.717, 1.165) is 24.9 Å². The van der Waals surface area contributed by atoms with Gasteiger partial charge in [0.15, 0.2) is 0 Å². The summed E-state index contributed by atoms with van der Waals surface area (Å²) in [6, 6.07) is 7.41. The number of urea groups is 1. The molecule has 2 heterocycles. The first kappa shape index (κ1) is 19.3. The standard InChI is InChI=1S/C19H27N5O3/c1-13-15(11-21-23-13)3-2-10-20-19(27)22-16-6-4-14(5-7-16)12-24-17(25)8-9-18(24)26/h4-7,13,15,21,23H,2-3,8-12H2,1H3,(H2,20,22,27). The summed E-state index contributed by atoms with van der Waals surface area (Å²) in [6.07, 6.45) is 2.59. The number of likely N-dealkylation sites (tertiary alicyclic amines) is 1. The van der Waals surface area contributed by atoms with Gasteiger partial charge < -0.3 is 10.6 Å². The molecule has 1 aromatic carbocycles. The highest BCUT2D eigenvalue weighted by Gasteiger charge is 2.28. The van der Waals surface area contributed by atoms with E-state index in [2.05, 4.69) is 28.4 Å². The van der Waals surface area contributed by atoms with Gasteiger partial charge in [0, 0.05) is 37.7 Å². The molecule has 2 aliphatic heterocycles. The Morgan fingerprint density at radius 1 is 1.19 bits per heavy atom. The average Bonchev–Trinajstić information content (AvgIpc) is 3.20. The van der Waals surface area contributed by atoms with Crippen LogP contribution in [0.1, 0.15) is 38.2 Å². The van der Waals surface area contributed by atoms with Gasteiger partial charge in [-0.3, -0.25) is 25.3 Å². The average molecular weight is 373 g/mol. The first-order valence-corrected chi connectivity index (χ1v) is 9.48. The summed E-state index contributed by atoms with van der Waals surface area (Å²) >= 11 is 0. The summed E-state index contributed by atoms with van der Waals surface area (Å²) in [4.78, 5) is 36.6. The SMILES string of the molecule is CC1NNCC1CCCNC(=O)Nc1ccc(CN2C(=O)CCC2=O)cc1. The lowest BCUT2D eigenvalue weighted by Gasteiger charge is -2.15. The van der Waals surface area contributed by atoms with Gasteiger partial charge in [-0.25, -0.2) is 4.79 Å². The number of amides is 4. The molecular formula is C19H27N5O3. The largest absolute Gasteiger partial charge is 0.338 e. The second-order valence-corrected chi connectivity index (χ2v) is 7.17. The maximum Gasteiger partial charge on any atom is 0.319 e. The Bertz CT molecular complexity index is 675. The highest BCUT2D eigenvalue weighted by molar-refractivity contribution is 6.01. The van der Waals surface area contributed by atoms with Crippen LogP contribution in [0.5, 0.6) is 0 Å². The van der Waals surface area contributed by atoms with Crippen molar-refractivity contribution in [3.05, 3.63) is 29.8 Å². The van der Waals surface area contributed by atoms with Gasteiger partial charge in [0.25, 0.3) is 0 Å². The molecule has 4 amide bonds. The number of benzene rings is 1. The Kier molecular flexibility index (Phi) is 6.41. The van der Waals surface area contributed by atoms with Crippen LogP contribution in [0.25, 0.3) is 0 Å². The third-order valence-electron chi connectivity index (χ3n) is 5.15. The number of rotatable bonds is 7. The van der Waals surface area contributed by atoms with Crippen LogP contribution in [0, 0.1) is 5.92 Å². The van der Waals surface area contributed by atoms with E-state index >= 15 is 0 Å². The van der Waals surface area contributed by atoms with E-state index in [1.807, 2.05) is 12.1 Å². The number of carbonyl (C=O) groups excluding carboxylic acids is 3. The molecule has 0 aromatic heterocycles. The number of nitrogens with zero attached hydrogens (tertiary/aromatic N) is 1. The third kappa shape index (κ3) is 5.27. The number of anilines is 1. The van der Waals surface area contributed by atoms with Gasteiger partial charge >= 0.3 is 6.03 Å². The van der Waals surface area contributed by atoms with Gasteiger partial charge in [-0.15, -0.1) is 0 Å². The van der Waals surface area contributed by atoms with Gasteiger partial charge in [0.1, 0.15) is 0 Å². The van der Waals surface area contributed by atoms with Crippen molar-refractivity contribution in [1.82, 2.24) is 21.1 Å². The van der Waals surface area contributed by atoms with Crippen molar-refractivity contribution in [3.63, 3.8) is 0 Å². The lowest BCUT2D eigenvalue weighted by molar-refractivity contribution is -0.139. The van der Waals surface area contributed by atoms with E-state index in [9.17, 15) is 14.4 Å². The minimum absolute atomic E-state index is 0.125. The van der Waals surface area contributed by atoms with Gasteiger partial charge in [-0.1, -0.05) is 12.1 Å². The second kappa shape index (κ2) is 8.96. The zero-order valence-electron chi connectivity index (χ0n) is 15.6. The number of imide groups is 1. The van der Waals surface area contributed by atoms with Crippen molar-refractivity contribution in [3.8, 4) is 0 Å². The molecule has 0 saturated carbocycles. The van der Waals surface area contributed by atoms with Crippen LogP contribution in [0.15, 0.2) is 24.3 Å².